The number of hydrogen-bond donors (Lipinski definition) is 3. The third-order valence-electron chi connectivity index (χ3n) is 4.21. The molecule has 26 heavy (non-hydrogen) atoms. The van der Waals surface area contributed by atoms with E-state index < -0.39 is 17.9 Å². The molecular formula is C17H22N4O5. The highest BCUT2D eigenvalue weighted by Crippen LogP contribution is 2.11. The molecule has 1 heterocycles. The van der Waals surface area contributed by atoms with Crippen LogP contribution >= 0.6 is 0 Å². The minimum atomic E-state index is -1.06. The van der Waals surface area contributed by atoms with Gasteiger partial charge in [0.25, 0.3) is 0 Å². The average Bonchev–Trinajstić information content (AvgIpc) is 2.62. The van der Waals surface area contributed by atoms with E-state index in [1.165, 1.54) is 31.2 Å². The number of piperazine rings is 1. The molecule has 3 amide bonds. The predicted octanol–water partition coefficient (Wildman–Crippen LogP) is -0.269. The molecule has 2 rings (SSSR count). The highest BCUT2D eigenvalue weighted by molar-refractivity contribution is 5.98. The molecule has 1 atom stereocenters. The lowest BCUT2D eigenvalue weighted by Gasteiger charge is -2.34. The fourth-order valence-corrected chi connectivity index (χ4v) is 2.61. The summed E-state index contributed by atoms with van der Waals surface area (Å²) in [7, 11) is 0. The van der Waals surface area contributed by atoms with Crippen molar-refractivity contribution >= 4 is 29.4 Å². The van der Waals surface area contributed by atoms with Gasteiger partial charge in [0.2, 0.25) is 17.7 Å². The summed E-state index contributed by atoms with van der Waals surface area (Å²) >= 11 is 0. The lowest BCUT2D eigenvalue weighted by molar-refractivity contribution is -0.139. The summed E-state index contributed by atoms with van der Waals surface area (Å²) in [5.41, 5.74) is 6.31. The lowest BCUT2D eigenvalue weighted by atomic mass is 10.1. The van der Waals surface area contributed by atoms with E-state index in [2.05, 4.69) is 5.32 Å². The molecule has 9 nitrogen and oxygen atoms in total. The van der Waals surface area contributed by atoms with Crippen molar-refractivity contribution in [2.45, 2.75) is 19.4 Å². The van der Waals surface area contributed by atoms with Gasteiger partial charge in [0, 0.05) is 38.8 Å². The average molecular weight is 362 g/mol. The first-order chi connectivity index (χ1) is 12.3. The lowest BCUT2D eigenvalue weighted by Crippen LogP contribution is -2.51. The van der Waals surface area contributed by atoms with Gasteiger partial charge in [0.15, 0.2) is 0 Å². The van der Waals surface area contributed by atoms with Gasteiger partial charge >= 0.3 is 5.97 Å². The van der Waals surface area contributed by atoms with Crippen molar-refractivity contribution in [3.63, 3.8) is 0 Å². The van der Waals surface area contributed by atoms with Crippen LogP contribution in [0.2, 0.25) is 0 Å². The Bertz CT molecular complexity index is 696. The molecule has 140 valence electrons. The summed E-state index contributed by atoms with van der Waals surface area (Å²) in [6.45, 7) is 3.27. The zero-order chi connectivity index (χ0) is 19.3. The number of nitrogens with one attached hydrogen (secondary N) is 1. The van der Waals surface area contributed by atoms with Gasteiger partial charge < -0.3 is 26.0 Å². The van der Waals surface area contributed by atoms with E-state index in [0.717, 1.165) is 0 Å². The van der Waals surface area contributed by atoms with E-state index in [9.17, 15) is 19.2 Å². The molecule has 4 N–H and O–H groups in total. The first-order valence-corrected chi connectivity index (χ1v) is 8.21. The van der Waals surface area contributed by atoms with Crippen LogP contribution in [0.1, 0.15) is 23.7 Å². The number of hydrogen-bond acceptors (Lipinski definition) is 5. The highest BCUT2D eigenvalue weighted by Gasteiger charge is 2.25. The Hall–Kier alpha value is -2.94. The number of anilines is 1. The van der Waals surface area contributed by atoms with Crippen LogP contribution in [0.5, 0.6) is 0 Å². The monoisotopic (exact) mass is 362 g/mol. The third-order valence-corrected chi connectivity index (χ3v) is 4.21. The molecular weight excluding hydrogens is 340 g/mol. The summed E-state index contributed by atoms with van der Waals surface area (Å²) in [5.74, 6) is -1.85. The fourth-order valence-electron chi connectivity index (χ4n) is 2.61. The minimum absolute atomic E-state index is 0.0258. The summed E-state index contributed by atoms with van der Waals surface area (Å²) in [6, 6.07) is 4.62. The second kappa shape index (κ2) is 8.43. The molecule has 1 fully saturated rings. The summed E-state index contributed by atoms with van der Waals surface area (Å²) in [5, 5.41) is 11.4. The SMILES string of the molecule is CC(=O)N1CCN(C(=O)CC(N)C(=O)Nc2ccc(C(=O)O)cc2)CC1. The third kappa shape index (κ3) is 5.03. The maximum Gasteiger partial charge on any atom is 0.335 e. The minimum Gasteiger partial charge on any atom is -0.478 e. The molecule has 1 aliphatic heterocycles. The van der Waals surface area contributed by atoms with Crippen LogP contribution in [0.15, 0.2) is 24.3 Å². The number of carbonyl (C=O) groups is 4. The van der Waals surface area contributed by atoms with E-state index in [1.54, 1.807) is 9.80 Å². The Kier molecular flexibility index (Phi) is 6.29. The van der Waals surface area contributed by atoms with Crippen LogP contribution in [0.4, 0.5) is 5.69 Å². The second-order valence-electron chi connectivity index (χ2n) is 6.07. The fraction of sp³-hybridized carbons (Fsp3) is 0.412. The Morgan fingerprint density at radius 1 is 1.08 bits per heavy atom. The molecule has 1 aliphatic rings. The van der Waals surface area contributed by atoms with Crippen LogP contribution in [0.3, 0.4) is 0 Å². The number of benzene rings is 1. The van der Waals surface area contributed by atoms with Crippen LogP contribution in [-0.4, -0.2) is 70.8 Å². The zero-order valence-corrected chi connectivity index (χ0v) is 14.5. The number of nitrogens with two attached hydrogens (primary N) is 1. The van der Waals surface area contributed by atoms with Crippen LogP contribution < -0.4 is 11.1 Å². The maximum absolute atomic E-state index is 12.3. The first-order valence-electron chi connectivity index (χ1n) is 8.21. The molecule has 0 bridgehead atoms. The molecule has 1 unspecified atom stereocenters. The Balaban J connectivity index is 1.83. The molecule has 0 aliphatic carbocycles. The molecule has 1 saturated heterocycles. The molecule has 1 aromatic carbocycles. The van der Waals surface area contributed by atoms with Crippen LogP contribution in [0, 0.1) is 0 Å². The molecule has 0 saturated carbocycles. The standard InChI is InChI=1S/C17H22N4O5/c1-11(22)20-6-8-21(9-7-20)15(23)10-14(18)16(24)19-13-4-2-12(3-5-13)17(25)26/h2-5,14H,6-10,18H2,1H3,(H,19,24)(H,25,26). The van der Waals surface area contributed by atoms with Crippen molar-refractivity contribution < 1.29 is 24.3 Å². The van der Waals surface area contributed by atoms with Gasteiger partial charge in [0.1, 0.15) is 0 Å². The number of carboxylic acids is 1. The summed E-state index contributed by atoms with van der Waals surface area (Å²) < 4.78 is 0. The number of carboxylic acid groups (broad SMARTS) is 1. The van der Waals surface area contributed by atoms with Gasteiger partial charge in [0.05, 0.1) is 18.0 Å². The van der Waals surface area contributed by atoms with E-state index in [0.29, 0.717) is 31.9 Å². The summed E-state index contributed by atoms with van der Waals surface area (Å²) in [4.78, 5) is 49.7. The maximum atomic E-state index is 12.3. The Labute approximate surface area is 150 Å². The highest BCUT2D eigenvalue weighted by atomic mass is 16.4. The normalized spacial score (nSPS) is 15.3. The number of rotatable bonds is 5. The van der Waals surface area contributed by atoms with Gasteiger partial charge in [-0.05, 0) is 24.3 Å². The Morgan fingerprint density at radius 2 is 1.62 bits per heavy atom. The van der Waals surface area contributed by atoms with Crippen LogP contribution in [-0.2, 0) is 14.4 Å². The van der Waals surface area contributed by atoms with E-state index in [-0.39, 0.29) is 23.8 Å². The topological polar surface area (TPSA) is 133 Å². The van der Waals surface area contributed by atoms with Gasteiger partial charge in [-0.1, -0.05) is 0 Å². The van der Waals surface area contributed by atoms with Gasteiger partial charge in [-0.3, -0.25) is 14.4 Å². The quantitative estimate of drug-likeness (QED) is 0.660. The number of aromatic carboxylic acids is 1. The van der Waals surface area contributed by atoms with Crippen LogP contribution in [0.25, 0.3) is 0 Å². The Morgan fingerprint density at radius 3 is 2.12 bits per heavy atom. The largest absolute Gasteiger partial charge is 0.478 e. The van der Waals surface area contributed by atoms with Gasteiger partial charge in [-0.25, -0.2) is 4.79 Å². The number of amides is 3. The number of nitrogens with zero attached hydrogens (tertiary/aromatic N) is 2. The number of carbonyl (C=O) groups excluding carboxylic acids is 3. The summed E-state index contributed by atoms with van der Waals surface area (Å²) in [6.07, 6.45) is -0.140. The van der Waals surface area contributed by atoms with Crippen molar-refractivity contribution in [3.05, 3.63) is 29.8 Å². The predicted molar refractivity (Wildman–Crippen MR) is 93.5 cm³/mol. The van der Waals surface area contributed by atoms with Gasteiger partial charge in [-0.2, -0.15) is 0 Å². The van der Waals surface area contributed by atoms with Crippen molar-refractivity contribution in [3.8, 4) is 0 Å². The van der Waals surface area contributed by atoms with E-state index in [1.807, 2.05) is 0 Å². The van der Waals surface area contributed by atoms with Crippen molar-refractivity contribution in [1.29, 1.82) is 0 Å². The zero-order valence-electron chi connectivity index (χ0n) is 14.5. The molecule has 0 spiro atoms. The molecule has 1 aromatic rings. The van der Waals surface area contributed by atoms with Crippen molar-refractivity contribution in [2.24, 2.45) is 5.73 Å². The molecule has 9 heteroatoms. The van der Waals surface area contributed by atoms with Crippen molar-refractivity contribution in [2.75, 3.05) is 31.5 Å². The first kappa shape index (κ1) is 19.4. The van der Waals surface area contributed by atoms with E-state index in [4.69, 9.17) is 10.8 Å². The van der Waals surface area contributed by atoms with Gasteiger partial charge in [-0.15, -0.1) is 0 Å². The molecule has 0 radical (unpaired) electrons. The molecule has 0 aromatic heterocycles. The second-order valence-corrected chi connectivity index (χ2v) is 6.07. The van der Waals surface area contributed by atoms with E-state index >= 15 is 0 Å². The smallest absolute Gasteiger partial charge is 0.335 e. The van der Waals surface area contributed by atoms with Crippen molar-refractivity contribution in [1.82, 2.24) is 9.80 Å².